The normalized spacial score (nSPS) is 26.4. The summed E-state index contributed by atoms with van der Waals surface area (Å²) in [5.41, 5.74) is 2.60. The molecule has 4 rings (SSSR count). The molecule has 0 N–H and O–H groups in total. The molecule has 3 heterocycles. The Balaban J connectivity index is 1.39. The summed E-state index contributed by atoms with van der Waals surface area (Å²) in [5.74, 6) is 2.31. The first-order valence-corrected chi connectivity index (χ1v) is 9.89. The van der Waals surface area contributed by atoms with Gasteiger partial charge in [-0.15, -0.1) is 4.37 Å². The fourth-order valence-corrected chi connectivity index (χ4v) is 4.89. The van der Waals surface area contributed by atoms with E-state index in [9.17, 15) is 0 Å². The molecule has 2 aliphatic rings. The van der Waals surface area contributed by atoms with Crippen LogP contribution in [0.2, 0.25) is 0 Å². The van der Waals surface area contributed by atoms with Gasteiger partial charge >= 0.3 is 0 Å². The van der Waals surface area contributed by atoms with E-state index in [1.165, 1.54) is 48.8 Å². The first-order valence-electron chi connectivity index (χ1n) is 8.18. The quantitative estimate of drug-likeness (QED) is 0.773. The lowest BCUT2D eigenvalue weighted by molar-refractivity contribution is 0.160. The molecule has 2 bridgehead atoms. The molecular weight excluding hydrogens is 326 g/mol. The van der Waals surface area contributed by atoms with Gasteiger partial charge in [0.25, 0.3) is 5.88 Å². The van der Waals surface area contributed by atoms with Crippen molar-refractivity contribution < 1.29 is 4.74 Å². The monoisotopic (exact) mass is 347 g/mol. The van der Waals surface area contributed by atoms with Crippen LogP contribution in [0.25, 0.3) is 0 Å². The maximum Gasteiger partial charge on any atom is 0.260 e. The van der Waals surface area contributed by atoms with Crippen molar-refractivity contribution >= 4 is 23.5 Å². The largest absolute Gasteiger partial charge is 0.470 e. The van der Waals surface area contributed by atoms with Gasteiger partial charge in [0.1, 0.15) is 6.10 Å². The third kappa shape index (κ3) is 3.54. The minimum atomic E-state index is 0.292. The predicted octanol–water partition coefficient (Wildman–Crippen LogP) is 3.61. The molecule has 6 heteroatoms. The summed E-state index contributed by atoms with van der Waals surface area (Å²) in [7, 11) is 0. The Morgan fingerprint density at radius 3 is 2.96 bits per heavy atom. The van der Waals surface area contributed by atoms with Crippen LogP contribution in [-0.2, 0) is 5.75 Å². The van der Waals surface area contributed by atoms with Crippen LogP contribution in [0.1, 0.15) is 24.0 Å². The number of ether oxygens (including phenoxy) is 1. The topological polar surface area (TPSA) is 38.3 Å². The Bertz CT molecular complexity index is 658. The summed E-state index contributed by atoms with van der Waals surface area (Å²) < 4.78 is 15.1. The van der Waals surface area contributed by atoms with Gasteiger partial charge in [0.05, 0.1) is 11.7 Å². The van der Waals surface area contributed by atoms with Gasteiger partial charge in [-0.2, -0.15) is 4.37 Å². The molecule has 0 saturated carbocycles. The fourth-order valence-electron chi connectivity index (χ4n) is 3.41. The van der Waals surface area contributed by atoms with Gasteiger partial charge in [-0.05, 0) is 31.9 Å². The molecular formula is C17H21N3OS2. The molecule has 0 amide bonds. The van der Waals surface area contributed by atoms with Crippen LogP contribution < -0.4 is 4.74 Å². The Morgan fingerprint density at radius 2 is 2.13 bits per heavy atom. The maximum absolute atomic E-state index is 6.24. The average molecular weight is 348 g/mol. The molecule has 1 aromatic carbocycles. The second-order valence-corrected chi connectivity index (χ2v) is 7.96. The number of nitrogens with zero attached hydrogens (tertiary/aromatic N) is 3. The fraction of sp³-hybridized carbons (Fsp3) is 0.529. The number of benzene rings is 1. The highest BCUT2D eigenvalue weighted by Crippen LogP contribution is 2.34. The molecule has 1 aromatic heterocycles. The smallest absolute Gasteiger partial charge is 0.260 e. The van der Waals surface area contributed by atoms with Gasteiger partial charge in [0, 0.05) is 24.8 Å². The molecule has 23 heavy (non-hydrogen) atoms. The predicted molar refractivity (Wildman–Crippen MR) is 94.2 cm³/mol. The van der Waals surface area contributed by atoms with Crippen molar-refractivity contribution in [2.75, 3.05) is 19.6 Å². The summed E-state index contributed by atoms with van der Waals surface area (Å²) in [6.07, 6.45) is 2.87. The minimum absolute atomic E-state index is 0.292. The number of hydrogen-bond acceptors (Lipinski definition) is 6. The highest BCUT2D eigenvalue weighted by atomic mass is 32.2. The molecule has 2 aliphatic heterocycles. The van der Waals surface area contributed by atoms with Crippen LogP contribution in [0.3, 0.4) is 0 Å². The van der Waals surface area contributed by atoms with E-state index in [2.05, 4.69) is 44.8 Å². The average Bonchev–Trinajstić information content (AvgIpc) is 3.11. The highest BCUT2D eigenvalue weighted by molar-refractivity contribution is 7.98. The van der Waals surface area contributed by atoms with Gasteiger partial charge < -0.3 is 4.74 Å². The van der Waals surface area contributed by atoms with Gasteiger partial charge in [0.15, 0.2) is 5.03 Å². The van der Waals surface area contributed by atoms with Crippen molar-refractivity contribution in [3.63, 3.8) is 0 Å². The van der Waals surface area contributed by atoms with E-state index in [-0.39, 0.29) is 0 Å². The number of rotatable bonds is 5. The first-order chi connectivity index (χ1) is 11.3. The van der Waals surface area contributed by atoms with Gasteiger partial charge in [-0.25, -0.2) is 0 Å². The Morgan fingerprint density at radius 1 is 1.26 bits per heavy atom. The molecule has 3 atom stereocenters. The molecule has 2 saturated heterocycles. The van der Waals surface area contributed by atoms with Crippen molar-refractivity contribution in [1.29, 1.82) is 0 Å². The summed E-state index contributed by atoms with van der Waals surface area (Å²) >= 11 is 2.97. The zero-order valence-corrected chi connectivity index (χ0v) is 14.9. The summed E-state index contributed by atoms with van der Waals surface area (Å²) in [6, 6.07) is 8.66. The Kier molecular flexibility index (Phi) is 4.55. The van der Waals surface area contributed by atoms with E-state index < -0.39 is 0 Å². The van der Waals surface area contributed by atoms with Crippen LogP contribution in [-0.4, -0.2) is 39.4 Å². The second kappa shape index (κ2) is 6.79. The number of fused-ring (bicyclic) bond motifs is 2. The molecule has 1 unspecified atom stereocenters. The van der Waals surface area contributed by atoms with E-state index >= 15 is 0 Å². The van der Waals surface area contributed by atoms with Gasteiger partial charge in [0.2, 0.25) is 0 Å². The van der Waals surface area contributed by atoms with Crippen LogP contribution in [0.4, 0.5) is 0 Å². The van der Waals surface area contributed by atoms with E-state index in [0.717, 1.165) is 23.2 Å². The zero-order valence-electron chi connectivity index (χ0n) is 13.3. The van der Waals surface area contributed by atoms with Crippen molar-refractivity contribution in [3.8, 4) is 5.88 Å². The van der Waals surface area contributed by atoms with Crippen LogP contribution in [0.15, 0.2) is 29.3 Å². The lowest BCUT2D eigenvalue weighted by Gasteiger charge is -2.21. The Hall–Kier alpha value is -1.11. The summed E-state index contributed by atoms with van der Waals surface area (Å²) in [4.78, 5) is 2.51. The molecule has 0 radical (unpaired) electrons. The van der Waals surface area contributed by atoms with E-state index in [4.69, 9.17) is 4.74 Å². The van der Waals surface area contributed by atoms with Crippen LogP contribution in [0, 0.1) is 12.8 Å². The van der Waals surface area contributed by atoms with Gasteiger partial charge in [-0.1, -0.05) is 41.6 Å². The van der Waals surface area contributed by atoms with Crippen molar-refractivity contribution in [1.82, 2.24) is 13.6 Å². The molecule has 2 fully saturated rings. The number of piperidine rings is 1. The molecule has 0 spiro atoms. The zero-order chi connectivity index (χ0) is 15.6. The van der Waals surface area contributed by atoms with Crippen molar-refractivity contribution in [2.24, 2.45) is 5.92 Å². The van der Waals surface area contributed by atoms with Crippen LogP contribution >= 0.6 is 23.5 Å². The maximum atomic E-state index is 6.24. The number of aromatic nitrogens is 2. The second-order valence-electron chi connectivity index (χ2n) is 6.47. The highest BCUT2D eigenvalue weighted by Gasteiger charge is 2.37. The third-order valence-electron chi connectivity index (χ3n) is 4.70. The third-order valence-corrected chi connectivity index (χ3v) is 6.34. The summed E-state index contributed by atoms with van der Waals surface area (Å²) in [5, 5.41) is 0.937. The lowest BCUT2D eigenvalue weighted by atomic mass is 9.99. The first kappa shape index (κ1) is 15.4. The van der Waals surface area contributed by atoms with E-state index in [0.29, 0.717) is 12.0 Å². The standard InChI is InChI=1S/C17H21N3OS2/c1-12-4-6-13(7-5-12)11-22-17-16(18-23-19-17)21-15-10-20-8-2-3-14(15)9-20/h4-7,14-15H,2-3,8-11H2,1H3/t14-,15+/m1/s1. The molecule has 0 aliphatic carbocycles. The van der Waals surface area contributed by atoms with Crippen LogP contribution in [0.5, 0.6) is 5.88 Å². The number of aryl methyl sites for hydroxylation is 1. The molecule has 2 aromatic rings. The SMILES string of the molecule is Cc1ccc(CSc2nsnc2O[C@H]2CN3CCC[C@@H]2C3)cc1. The minimum Gasteiger partial charge on any atom is -0.470 e. The van der Waals surface area contributed by atoms with Crippen molar-refractivity contribution in [2.45, 2.75) is 36.6 Å². The lowest BCUT2D eigenvalue weighted by Crippen LogP contribution is -2.26. The van der Waals surface area contributed by atoms with Crippen molar-refractivity contribution in [3.05, 3.63) is 35.4 Å². The molecule has 4 nitrogen and oxygen atoms in total. The van der Waals surface area contributed by atoms with E-state index in [1.54, 1.807) is 11.8 Å². The molecule has 122 valence electrons. The van der Waals surface area contributed by atoms with Gasteiger partial charge in [-0.3, -0.25) is 4.90 Å². The van der Waals surface area contributed by atoms with E-state index in [1.807, 2.05) is 0 Å². The summed E-state index contributed by atoms with van der Waals surface area (Å²) in [6.45, 7) is 5.57. The number of hydrogen-bond donors (Lipinski definition) is 0. The Labute approximate surface area is 145 Å². The number of thioether (sulfide) groups is 1.